The van der Waals surface area contributed by atoms with Gasteiger partial charge in [-0.05, 0) is 60.5 Å². The van der Waals surface area contributed by atoms with Gasteiger partial charge in [-0.3, -0.25) is 0 Å². The Hall–Kier alpha value is -0.510. The number of benzene rings is 1. The van der Waals surface area contributed by atoms with Crippen LogP contribution in [0.1, 0.15) is 40.0 Å². The molecule has 2 bridgehead atoms. The molecule has 1 N–H and O–H groups in total. The van der Waals surface area contributed by atoms with E-state index in [4.69, 9.17) is 35.4 Å². The van der Waals surface area contributed by atoms with Crippen molar-refractivity contribution in [3.8, 4) is 0 Å². The second-order valence-corrected chi connectivity index (χ2v) is 9.10. The molecule has 1 aromatic rings. The first-order valence-corrected chi connectivity index (χ1v) is 8.87. The van der Waals surface area contributed by atoms with E-state index in [-0.39, 0.29) is 0 Å². The minimum atomic E-state index is 0.371. The van der Waals surface area contributed by atoms with Crippen molar-refractivity contribution in [1.29, 1.82) is 0 Å². The molecule has 0 aromatic heterocycles. The van der Waals surface area contributed by atoms with Crippen LogP contribution in [0.3, 0.4) is 0 Å². The first kappa shape index (κ1) is 16.4. The Bertz CT molecular complexity index is 617. The van der Waals surface area contributed by atoms with E-state index in [0.29, 0.717) is 26.9 Å². The molecule has 120 valence electrons. The molecule has 1 aliphatic carbocycles. The summed E-state index contributed by atoms with van der Waals surface area (Å²) in [6, 6.07) is 6.07. The Labute approximate surface area is 148 Å². The van der Waals surface area contributed by atoms with Crippen LogP contribution in [0, 0.1) is 10.8 Å². The SMILES string of the molecule is CC1(C)CC2CC(C)(CN2C(=S)Nc2ccc(Cl)c(Cl)c2)C1. The third-order valence-corrected chi connectivity index (χ3v) is 5.92. The standard InChI is InChI=1S/C17H22Cl2N2S/c1-16(2)7-12-8-17(3,9-16)10-21(12)15(22)20-11-4-5-13(18)14(19)6-11/h4-6,12H,7-10H2,1-3H3,(H,20,22). The Kier molecular flexibility index (Phi) is 4.12. The third-order valence-electron chi connectivity index (χ3n) is 4.85. The number of nitrogens with zero attached hydrogens (tertiary/aromatic N) is 1. The molecule has 2 aliphatic rings. The Morgan fingerprint density at radius 3 is 2.64 bits per heavy atom. The highest BCUT2D eigenvalue weighted by molar-refractivity contribution is 7.80. The lowest BCUT2D eigenvalue weighted by atomic mass is 9.65. The van der Waals surface area contributed by atoms with Crippen LogP contribution >= 0.6 is 35.4 Å². The highest BCUT2D eigenvalue weighted by Crippen LogP contribution is 2.52. The summed E-state index contributed by atoms with van der Waals surface area (Å²) in [5.74, 6) is 0. The van der Waals surface area contributed by atoms with Crippen molar-refractivity contribution in [2.24, 2.45) is 10.8 Å². The molecule has 0 amide bonds. The van der Waals surface area contributed by atoms with Gasteiger partial charge in [-0.15, -0.1) is 0 Å². The number of thiocarbonyl (C=S) groups is 1. The number of hydrogen-bond donors (Lipinski definition) is 1. The van der Waals surface area contributed by atoms with Crippen LogP contribution in [0.2, 0.25) is 10.0 Å². The maximum absolute atomic E-state index is 6.08. The van der Waals surface area contributed by atoms with Crippen LogP contribution in [0.15, 0.2) is 18.2 Å². The molecule has 1 heterocycles. The van der Waals surface area contributed by atoms with Crippen molar-refractivity contribution in [1.82, 2.24) is 4.90 Å². The molecule has 1 aliphatic heterocycles. The number of anilines is 1. The van der Waals surface area contributed by atoms with Gasteiger partial charge in [0.15, 0.2) is 5.11 Å². The number of fused-ring (bicyclic) bond motifs is 2. The Balaban J connectivity index is 1.74. The molecule has 2 unspecified atom stereocenters. The van der Waals surface area contributed by atoms with E-state index >= 15 is 0 Å². The van der Waals surface area contributed by atoms with E-state index in [9.17, 15) is 0 Å². The summed E-state index contributed by atoms with van der Waals surface area (Å²) < 4.78 is 0. The van der Waals surface area contributed by atoms with E-state index < -0.39 is 0 Å². The average Bonchev–Trinajstić information content (AvgIpc) is 2.63. The van der Waals surface area contributed by atoms with Crippen molar-refractivity contribution < 1.29 is 0 Å². The number of nitrogens with one attached hydrogen (secondary N) is 1. The molecule has 1 saturated heterocycles. The van der Waals surface area contributed by atoms with Gasteiger partial charge >= 0.3 is 0 Å². The maximum Gasteiger partial charge on any atom is 0.173 e. The summed E-state index contributed by atoms with van der Waals surface area (Å²) in [7, 11) is 0. The minimum Gasteiger partial charge on any atom is -0.345 e. The van der Waals surface area contributed by atoms with Crippen molar-refractivity contribution >= 4 is 46.2 Å². The Morgan fingerprint density at radius 2 is 1.95 bits per heavy atom. The number of halogens is 2. The quantitative estimate of drug-likeness (QED) is 0.660. The zero-order chi connectivity index (χ0) is 16.1. The van der Waals surface area contributed by atoms with Crippen LogP contribution in [0.25, 0.3) is 0 Å². The average molecular weight is 357 g/mol. The van der Waals surface area contributed by atoms with Crippen molar-refractivity contribution in [3.63, 3.8) is 0 Å². The summed E-state index contributed by atoms with van der Waals surface area (Å²) in [5.41, 5.74) is 1.66. The van der Waals surface area contributed by atoms with Crippen LogP contribution in [-0.4, -0.2) is 22.6 Å². The zero-order valence-corrected chi connectivity index (χ0v) is 15.6. The summed E-state index contributed by atoms with van der Waals surface area (Å²) in [6.07, 6.45) is 3.70. The predicted molar refractivity (Wildman–Crippen MR) is 98.9 cm³/mol. The molecule has 1 aromatic carbocycles. The second kappa shape index (κ2) is 5.54. The topological polar surface area (TPSA) is 15.3 Å². The largest absolute Gasteiger partial charge is 0.345 e. The highest BCUT2D eigenvalue weighted by atomic mass is 35.5. The van der Waals surface area contributed by atoms with Crippen LogP contribution in [0.4, 0.5) is 5.69 Å². The molecule has 22 heavy (non-hydrogen) atoms. The lowest BCUT2D eigenvalue weighted by Crippen LogP contribution is -2.39. The molecule has 5 heteroatoms. The monoisotopic (exact) mass is 356 g/mol. The van der Waals surface area contributed by atoms with Crippen molar-refractivity contribution in [2.75, 3.05) is 11.9 Å². The fraction of sp³-hybridized carbons (Fsp3) is 0.588. The summed E-state index contributed by atoms with van der Waals surface area (Å²) >= 11 is 17.7. The molecular formula is C17H22Cl2N2S. The van der Waals surface area contributed by atoms with Gasteiger partial charge in [0.05, 0.1) is 10.0 Å². The van der Waals surface area contributed by atoms with Gasteiger partial charge in [-0.2, -0.15) is 0 Å². The second-order valence-electron chi connectivity index (χ2n) is 7.90. The van der Waals surface area contributed by atoms with Crippen LogP contribution < -0.4 is 5.32 Å². The van der Waals surface area contributed by atoms with E-state index in [1.165, 1.54) is 19.3 Å². The number of likely N-dealkylation sites (tertiary alicyclic amines) is 1. The molecule has 0 spiro atoms. The van der Waals surface area contributed by atoms with Gasteiger partial charge in [0, 0.05) is 18.3 Å². The first-order chi connectivity index (χ1) is 10.2. The molecule has 3 rings (SSSR count). The normalized spacial score (nSPS) is 29.5. The van der Waals surface area contributed by atoms with Crippen LogP contribution in [0.5, 0.6) is 0 Å². The summed E-state index contributed by atoms with van der Waals surface area (Å²) in [4.78, 5) is 2.37. The molecular weight excluding hydrogens is 335 g/mol. The van der Waals surface area contributed by atoms with Gasteiger partial charge in [-0.1, -0.05) is 44.0 Å². The van der Waals surface area contributed by atoms with Gasteiger partial charge in [-0.25, -0.2) is 0 Å². The fourth-order valence-corrected chi connectivity index (χ4v) is 5.10. The zero-order valence-electron chi connectivity index (χ0n) is 13.2. The third kappa shape index (κ3) is 3.22. The minimum absolute atomic E-state index is 0.371. The lowest BCUT2D eigenvalue weighted by Gasteiger charge is -2.39. The highest BCUT2D eigenvalue weighted by Gasteiger charge is 2.50. The molecule has 2 fully saturated rings. The lowest BCUT2D eigenvalue weighted by molar-refractivity contribution is 0.132. The van der Waals surface area contributed by atoms with E-state index in [1.54, 1.807) is 6.07 Å². The fourth-order valence-electron chi connectivity index (χ4n) is 4.47. The van der Waals surface area contributed by atoms with Gasteiger partial charge in [0.25, 0.3) is 0 Å². The molecule has 2 nitrogen and oxygen atoms in total. The molecule has 1 saturated carbocycles. The molecule has 2 atom stereocenters. The van der Waals surface area contributed by atoms with E-state index in [0.717, 1.165) is 17.3 Å². The smallest absolute Gasteiger partial charge is 0.173 e. The van der Waals surface area contributed by atoms with Crippen LogP contribution in [-0.2, 0) is 0 Å². The predicted octanol–water partition coefficient (Wildman–Crippen LogP) is 5.59. The van der Waals surface area contributed by atoms with Gasteiger partial charge in [0.2, 0.25) is 0 Å². The first-order valence-electron chi connectivity index (χ1n) is 7.70. The number of rotatable bonds is 1. The molecule has 0 radical (unpaired) electrons. The Morgan fingerprint density at radius 1 is 1.23 bits per heavy atom. The van der Waals surface area contributed by atoms with Crippen molar-refractivity contribution in [3.05, 3.63) is 28.2 Å². The van der Waals surface area contributed by atoms with Gasteiger partial charge < -0.3 is 10.2 Å². The van der Waals surface area contributed by atoms with Gasteiger partial charge in [0.1, 0.15) is 0 Å². The van der Waals surface area contributed by atoms with Crippen molar-refractivity contribution in [2.45, 2.75) is 46.1 Å². The number of hydrogen-bond acceptors (Lipinski definition) is 1. The summed E-state index contributed by atoms with van der Waals surface area (Å²) in [6.45, 7) is 8.17. The van der Waals surface area contributed by atoms with E-state index in [2.05, 4.69) is 31.0 Å². The van der Waals surface area contributed by atoms with E-state index in [1.807, 2.05) is 12.1 Å². The maximum atomic E-state index is 6.08. The summed E-state index contributed by atoms with van der Waals surface area (Å²) in [5, 5.41) is 5.22.